The fourth-order valence-corrected chi connectivity index (χ4v) is 8.31. The lowest BCUT2D eigenvalue weighted by Gasteiger charge is -2.46. The number of allylic oxidation sites excluding steroid dienone is 20. The molecule has 0 heteroatoms. The van der Waals surface area contributed by atoms with Gasteiger partial charge in [-0.3, -0.25) is 0 Å². The van der Waals surface area contributed by atoms with Gasteiger partial charge >= 0.3 is 0 Å². The van der Waals surface area contributed by atoms with Crippen LogP contribution in [-0.4, -0.2) is 0 Å². The van der Waals surface area contributed by atoms with Crippen molar-refractivity contribution in [2.45, 2.75) is 58.3 Å². The molecule has 0 spiro atoms. The quantitative estimate of drug-likeness (QED) is 0.379. The van der Waals surface area contributed by atoms with E-state index in [4.69, 9.17) is 0 Å². The molecule has 5 atom stereocenters. The molecule has 6 aliphatic rings. The molecule has 7 rings (SSSR count). The van der Waals surface area contributed by atoms with Crippen LogP contribution >= 0.6 is 0 Å². The van der Waals surface area contributed by atoms with Crippen LogP contribution in [-0.2, 0) is 0 Å². The predicted octanol–water partition coefficient (Wildman–Crippen LogP) is 10.3. The molecule has 0 bridgehead atoms. The molecule has 39 heavy (non-hydrogen) atoms. The Hall–Kier alpha value is -3.38. The summed E-state index contributed by atoms with van der Waals surface area (Å²) in [6, 6.07) is 9.56. The second-order valence-electron chi connectivity index (χ2n) is 12.0. The lowest BCUT2D eigenvalue weighted by molar-refractivity contribution is 0.336. The molecule has 1 aromatic carbocycles. The van der Waals surface area contributed by atoms with Gasteiger partial charge < -0.3 is 0 Å². The SMILES string of the molecule is CC=C(CC)c1cccc(C2C3CC=CC=C3C(C3C=C4C(=CC3)C=CC3=CC=CCC34)=C3C=CCCC32)c1. The number of hydrogen-bond donors (Lipinski definition) is 0. The summed E-state index contributed by atoms with van der Waals surface area (Å²) in [5.74, 6) is 2.67. The van der Waals surface area contributed by atoms with Crippen LogP contribution in [0, 0.1) is 23.7 Å². The van der Waals surface area contributed by atoms with Crippen molar-refractivity contribution in [2.75, 3.05) is 0 Å². The van der Waals surface area contributed by atoms with Crippen LogP contribution in [0.5, 0.6) is 0 Å². The molecule has 0 fully saturated rings. The van der Waals surface area contributed by atoms with Gasteiger partial charge in [0.25, 0.3) is 0 Å². The minimum atomic E-state index is 0.463. The summed E-state index contributed by atoms with van der Waals surface area (Å²) in [5, 5.41) is 0. The number of fused-ring (bicyclic) bond motifs is 5. The Kier molecular flexibility index (Phi) is 6.51. The van der Waals surface area contributed by atoms with Crippen LogP contribution < -0.4 is 0 Å². The first-order chi connectivity index (χ1) is 19.3. The molecule has 5 unspecified atom stereocenters. The van der Waals surface area contributed by atoms with Crippen LogP contribution in [0.4, 0.5) is 0 Å². The lowest BCUT2D eigenvalue weighted by Crippen LogP contribution is -2.34. The fraction of sp³-hybridized carbons (Fsp3) is 0.333. The van der Waals surface area contributed by atoms with Crippen molar-refractivity contribution in [3.8, 4) is 0 Å². The molecular formula is C39H40. The topological polar surface area (TPSA) is 0 Å². The second-order valence-corrected chi connectivity index (χ2v) is 12.0. The average Bonchev–Trinajstić information content (AvgIpc) is 3.00. The van der Waals surface area contributed by atoms with E-state index >= 15 is 0 Å². The fourth-order valence-electron chi connectivity index (χ4n) is 8.31. The largest absolute Gasteiger partial charge is 0.0842 e. The van der Waals surface area contributed by atoms with Gasteiger partial charge in [0.05, 0.1) is 0 Å². The highest BCUT2D eigenvalue weighted by atomic mass is 14.5. The van der Waals surface area contributed by atoms with Gasteiger partial charge in [0, 0.05) is 11.8 Å². The zero-order chi connectivity index (χ0) is 26.3. The normalized spacial score (nSPS) is 30.9. The Morgan fingerprint density at radius 1 is 0.923 bits per heavy atom. The summed E-state index contributed by atoms with van der Waals surface area (Å²) in [5.41, 5.74) is 13.8. The summed E-state index contributed by atoms with van der Waals surface area (Å²) in [6.07, 6.45) is 38.2. The standard InChI is InChI=1S/C39H40/c1-3-26(4-2)29-13-11-14-30(24-29)38-33-16-7-9-18-35(33)39(36-19-10-8-17-34(36)38)31-23-22-28-21-20-27-12-5-6-15-32(27)37(28)25-31/h3,5-7,9-14,18-22,24-25,31-34,38H,4,8,15-17,23H2,1-2H3. The average molecular weight is 509 g/mol. The highest BCUT2D eigenvalue weighted by Gasteiger charge is 2.43. The molecule has 0 N–H and O–H groups in total. The predicted molar refractivity (Wildman–Crippen MR) is 166 cm³/mol. The van der Waals surface area contributed by atoms with Crippen molar-refractivity contribution in [3.63, 3.8) is 0 Å². The van der Waals surface area contributed by atoms with E-state index in [1.54, 1.807) is 22.3 Å². The van der Waals surface area contributed by atoms with Gasteiger partial charge in [0.15, 0.2) is 0 Å². The first kappa shape index (κ1) is 24.6. The Balaban J connectivity index is 1.34. The maximum Gasteiger partial charge on any atom is 0.0127 e. The summed E-state index contributed by atoms with van der Waals surface area (Å²) >= 11 is 0. The second kappa shape index (κ2) is 10.3. The van der Waals surface area contributed by atoms with Gasteiger partial charge in [0.1, 0.15) is 0 Å². The molecule has 6 aliphatic carbocycles. The van der Waals surface area contributed by atoms with E-state index in [0.29, 0.717) is 29.6 Å². The Morgan fingerprint density at radius 2 is 1.82 bits per heavy atom. The van der Waals surface area contributed by atoms with Crippen molar-refractivity contribution in [2.24, 2.45) is 23.7 Å². The maximum absolute atomic E-state index is 2.68. The lowest BCUT2D eigenvalue weighted by atomic mass is 9.57. The third-order valence-electron chi connectivity index (χ3n) is 10.1. The minimum Gasteiger partial charge on any atom is -0.0842 e. The van der Waals surface area contributed by atoms with E-state index in [1.165, 1.54) is 40.7 Å². The van der Waals surface area contributed by atoms with Crippen molar-refractivity contribution in [1.29, 1.82) is 0 Å². The molecule has 0 amide bonds. The van der Waals surface area contributed by atoms with E-state index in [2.05, 4.69) is 117 Å². The van der Waals surface area contributed by atoms with Gasteiger partial charge in [0.2, 0.25) is 0 Å². The van der Waals surface area contributed by atoms with Crippen LogP contribution in [0.2, 0.25) is 0 Å². The molecule has 0 radical (unpaired) electrons. The Labute approximate surface area is 235 Å². The molecule has 0 nitrogen and oxygen atoms in total. The van der Waals surface area contributed by atoms with Gasteiger partial charge in [-0.15, -0.1) is 0 Å². The molecule has 196 valence electrons. The van der Waals surface area contributed by atoms with E-state index in [-0.39, 0.29) is 0 Å². The summed E-state index contributed by atoms with van der Waals surface area (Å²) in [7, 11) is 0. The third kappa shape index (κ3) is 4.20. The van der Waals surface area contributed by atoms with Crippen molar-refractivity contribution in [3.05, 3.63) is 148 Å². The number of hydrogen-bond acceptors (Lipinski definition) is 0. The first-order valence-corrected chi connectivity index (χ1v) is 15.3. The zero-order valence-corrected chi connectivity index (χ0v) is 23.4. The zero-order valence-electron chi connectivity index (χ0n) is 23.4. The summed E-state index contributed by atoms with van der Waals surface area (Å²) in [6.45, 7) is 4.46. The number of benzene rings is 1. The van der Waals surface area contributed by atoms with Crippen LogP contribution in [0.15, 0.2) is 137 Å². The molecule has 0 saturated heterocycles. The van der Waals surface area contributed by atoms with Crippen LogP contribution in [0.25, 0.3) is 5.57 Å². The van der Waals surface area contributed by atoms with E-state index in [1.807, 2.05) is 0 Å². The summed E-state index contributed by atoms with van der Waals surface area (Å²) < 4.78 is 0. The van der Waals surface area contributed by atoms with Gasteiger partial charge in [-0.25, -0.2) is 0 Å². The van der Waals surface area contributed by atoms with Gasteiger partial charge in [-0.2, -0.15) is 0 Å². The molecule has 0 aromatic heterocycles. The van der Waals surface area contributed by atoms with Gasteiger partial charge in [-0.1, -0.05) is 110 Å². The monoisotopic (exact) mass is 508 g/mol. The third-order valence-corrected chi connectivity index (χ3v) is 10.1. The Morgan fingerprint density at radius 3 is 2.72 bits per heavy atom. The van der Waals surface area contributed by atoms with E-state index in [9.17, 15) is 0 Å². The molecule has 0 heterocycles. The minimum absolute atomic E-state index is 0.463. The highest BCUT2D eigenvalue weighted by Crippen LogP contribution is 2.56. The smallest absolute Gasteiger partial charge is 0.0127 e. The molecule has 0 saturated carbocycles. The molecular weight excluding hydrogens is 468 g/mol. The van der Waals surface area contributed by atoms with Crippen molar-refractivity contribution in [1.82, 2.24) is 0 Å². The van der Waals surface area contributed by atoms with Crippen LogP contribution in [0.1, 0.15) is 69.4 Å². The number of rotatable bonds is 4. The van der Waals surface area contributed by atoms with Crippen molar-refractivity contribution < 1.29 is 0 Å². The van der Waals surface area contributed by atoms with E-state index in [0.717, 1.165) is 25.7 Å². The molecule has 0 aliphatic heterocycles. The summed E-state index contributed by atoms with van der Waals surface area (Å²) in [4.78, 5) is 0. The first-order valence-electron chi connectivity index (χ1n) is 15.3. The highest BCUT2D eigenvalue weighted by molar-refractivity contribution is 5.66. The van der Waals surface area contributed by atoms with Gasteiger partial charge in [-0.05, 0) is 113 Å². The van der Waals surface area contributed by atoms with Crippen molar-refractivity contribution >= 4 is 5.57 Å². The van der Waals surface area contributed by atoms with E-state index < -0.39 is 0 Å². The maximum atomic E-state index is 2.68. The Bertz CT molecular complexity index is 1480. The van der Waals surface area contributed by atoms with Crippen LogP contribution in [0.3, 0.4) is 0 Å². The molecule has 1 aromatic rings.